The maximum atomic E-state index is 9.03. The minimum absolute atomic E-state index is 0.582. The van der Waals surface area contributed by atoms with Gasteiger partial charge in [-0.2, -0.15) is 0 Å². The van der Waals surface area contributed by atoms with Gasteiger partial charge in [0, 0.05) is 12.4 Å². The molecule has 0 aliphatic heterocycles. The van der Waals surface area contributed by atoms with Crippen LogP contribution in [0.15, 0.2) is 47.9 Å². The summed E-state index contributed by atoms with van der Waals surface area (Å²) in [5.41, 5.74) is 2.57. The lowest BCUT2D eigenvalue weighted by molar-refractivity contribution is 0.319. The summed E-state index contributed by atoms with van der Waals surface area (Å²) in [7, 11) is 0. The first-order chi connectivity index (χ1) is 8.81. The van der Waals surface area contributed by atoms with E-state index < -0.39 is 0 Å². The zero-order valence-electron chi connectivity index (χ0n) is 9.74. The van der Waals surface area contributed by atoms with E-state index in [0.717, 1.165) is 21.1 Å². The molecule has 0 spiro atoms. The number of aromatic nitrogens is 2. The number of oxime groups is 1. The van der Waals surface area contributed by atoms with Gasteiger partial charge in [0.1, 0.15) is 5.71 Å². The van der Waals surface area contributed by atoms with Gasteiger partial charge in [-0.05, 0) is 12.5 Å². The summed E-state index contributed by atoms with van der Waals surface area (Å²) in [5, 5.41) is 12.4. The summed E-state index contributed by atoms with van der Waals surface area (Å²) in [6.45, 7) is 1.79. The van der Waals surface area contributed by atoms with Crippen LogP contribution in [0.2, 0.25) is 0 Å². The highest BCUT2D eigenvalue weighted by Gasteiger charge is 2.16. The molecule has 0 aliphatic rings. The molecule has 90 valence electrons. The molecule has 0 unspecified atom stereocenters. The molecule has 1 aromatic carbocycles. The van der Waals surface area contributed by atoms with Crippen LogP contribution in [0.5, 0.6) is 0 Å². The molecule has 0 amide bonds. The van der Waals surface area contributed by atoms with Crippen LogP contribution in [0, 0.1) is 0 Å². The number of hydrogen-bond acceptors (Lipinski definition) is 4. The van der Waals surface area contributed by atoms with Crippen LogP contribution in [0.3, 0.4) is 0 Å². The van der Waals surface area contributed by atoms with Crippen LogP contribution in [-0.4, -0.2) is 20.3 Å². The predicted molar refractivity (Wildman–Crippen MR) is 72.5 cm³/mol. The van der Waals surface area contributed by atoms with Crippen LogP contribution < -0.4 is 0 Å². The first-order valence-corrected chi connectivity index (χ1v) is 6.33. The van der Waals surface area contributed by atoms with Crippen molar-refractivity contribution in [1.82, 2.24) is 9.38 Å². The molecular formula is C13H11N3OS. The Morgan fingerprint density at radius 2 is 2.11 bits per heavy atom. The van der Waals surface area contributed by atoms with Crippen molar-refractivity contribution < 1.29 is 5.21 Å². The quantitative estimate of drug-likeness (QED) is 0.435. The average molecular weight is 257 g/mol. The van der Waals surface area contributed by atoms with Gasteiger partial charge in [-0.3, -0.25) is 4.40 Å². The number of benzene rings is 1. The fourth-order valence-corrected chi connectivity index (χ4v) is 3.10. The monoisotopic (exact) mass is 257 g/mol. The molecule has 0 atom stereocenters. The van der Waals surface area contributed by atoms with Gasteiger partial charge in [0.2, 0.25) is 0 Å². The Kier molecular flexibility index (Phi) is 2.60. The number of nitrogens with zero attached hydrogens (tertiary/aromatic N) is 3. The third-order valence-electron chi connectivity index (χ3n) is 2.78. The second-order valence-electron chi connectivity index (χ2n) is 3.91. The molecule has 18 heavy (non-hydrogen) atoms. The van der Waals surface area contributed by atoms with Crippen molar-refractivity contribution in [2.75, 3.05) is 0 Å². The van der Waals surface area contributed by atoms with E-state index in [9.17, 15) is 0 Å². The van der Waals surface area contributed by atoms with E-state index in [1.165, 1.54) is 0 Å². The van der Waals surface area contributed by atoms with Gasteiger partial charge in [-0.25, -0.2) is 4.98 Å². The Morgan fingerprint density at radius 3 is 2.83 bits per heavy atom. The van der Waals surface area contributed by atoms with Crippen molar-refractivity contribution in [1.29, 1.82) is 0 Å². The highest BCUT2D eigenvalue weighted by molar-refractivity contribution is 7.20. The molecule has 5 heteroatoms. The molecule has 0 saturated carbocycles. The first kappa shape index (κ1) is 11.0. The minimum atomic E-state index is 0.582. The lowest BCUT2D eigenvalue weighted by Crippen LogP contribution is -2.00. The Morgan fingerprint density at radius 1 is 1.33 bits per heavy atom. The first-order valence-electron chi connectivity index (χ1n) is 5.51. The molecule has 3 aromatic rings. The Hall–Kier alpha value is -2.14. The van der Waals surface area contributed by atoms with E-state index >= 15 is 0 Å². The second kappa shape index (κ2) is 4.27. The smallest absolute Gasteiger partial charge is 0.194 e. The fraction of sp³-hybridized carbons (Fsp3) is 0.0769. The van der Waals surface area contributed by atoms with Crippen LogP contribution in [0.25, 0.3) is 15.4 Å². The van der Waals surface area contributed by atoms with Gasteiger partial charge in [0.15, 0.2) is 4.96 Å². The molecule has 0 radical (unpaired) electrons. The standard InChI is InChI=1S/C13H11N3OS/c1-9(15-17)11-12(10-5-3-2-4-6-10)18-13-14-7-8-16(11)13/h2-8,17H,1H3/b15-9-. The van der Waals surface area contributed by atoms with Crippen LogP contribution >= 0.6 is 11.3 Å². The second-order valence-corrected chi connectivity index (χ2v) is 4.89. The van der Waals surface area contributed by atoms with E-state index in [1.807, 2.05) is 40.9 Å². The van der Waals surface area contributed by atoms with Gasteiger partial charge in [0.25, 0.3) is 0 Å². The maximum Gasteiger partial charge on any atom is 0.194 e. The number of thiazole rings is 1. The average Bonchev–Trinajstić information content (AvgIpc) is 2.98. The molecule has 2 heterocycles. The topological polar surface area (TPSA) is 49.9 Å². The normalized spacial score (nSPS) is 12.2. The third kappa shape index (κ3) is 1.60. The number of hydrogen-bond donors (Lipinski definition) is 1. The number of fused-ring (bicyclic) bond motifs is 1. The largest absolute Gasteiger partial charge is 0.411 e. The van der Waals surface area contributed by atoms with Crippen LogP contribution in [0.1, 0.15) is 12.6 Å². The number of rotatable bonds is 2. The molecule has 0 fully saturated rings. The van der Waals surface area contributed by atoms with Gasteiger partial charge >= 0.3 is 0 Å². The van der Waals surface area contributed by atoms with Crippen molar-refractivity contribution in [3.05, 3.63) is 48.4 Å². The fourth-order valence-electron chi connectivity index (χ4n) is 1.96. The van der Waals surface area contributed by atoms with Crippen molar-refractivity contribution in [2.45, 2.75) is 6.92 Å². The van der Waals surface area contributed by atoms with Crippen molar-refractivity contribution in [3.8, 4) is 10.4 Å². The minimum Gasteiger partial charge on any atom is -0.411 e. The number of imidazole rings is 1. The van der Waals surface area contributed by atoms with Crippen molar-refractivity contribution >= 4 is 22.0 Å². The van der Waals surface area contributed by atoms with Gasteiger partial charge in [-0.15, -0.1) is 0 Å². The van der Waals surface area contributed by atoms with Crippen LogP contribution in [0.4, 0.5) is 0 Å². The molecule has 0 aliphatic carbocycles. The summed E-state index contributed by atoms with van der Waals surface area (Å²) in [4.78, 5) is 6.25. The molecule has 1 N–H and O–H groups in total. The molecule has 2 aromatic heterocycles. The molecule has 4 nitrogen and oxygen atoms in total. The van der Waals surface area contributed by atoms with Gasteiger partial charge in [-0.1, -0.05) is 46.8 Å². The summed E-state index contributed by atoms with van der Waals surface area (Å²) in [5.74, 6) is 0. The lowest BCUT2D eigenvalue weighted by Gasteiger charge is -2.02. The van der Waals surface area contributed by atoms with E-state index in [0.29, 0.717) is 5.71 Å². The van der Waals surface area contributed by atoms with Crippen LogP contribution in [-0.2, 0) is 0 Å². The van der Waals surface area contributed by atoms with E-state index in [1.54, 1.807) is 24.5 Å². The molecular weight excluding hydrogens is 246 g/mol. The Bertz CT molecular complexity index is 712. The summed E-state index contributed by atoms with van der Waals surface area (Å²) < 4.78 is 1.95. The van der Waals surface area contributed by atoms with E-state index in [-0.39, 0.29) is 0 Å². The van der Waals surface area contributed by atoms with Gasteiger partial charge < -0.3 is 5.21 Å². The highest BCUT2D eigenvalue weighted by atomic mass is 32.1. The Balaban J connectivity index is 2.32. The van der Waals surface area contributed by atoms with Crippen molar-refractivity contribution in [3.63, 3.8) is 0 Å². The zero-order chi connectivity index (χ0) is 12.5. The van der Waals surface area contributed by atoms with E-state index in [4.69, 9.17) is 5.21 Å². The maximum absolute atomic E-state index is 9.03. The summed E-state index contributed by atoms with van der Waals surface area (Å²) in [6, 6.07) is 10.0. The van der Waals surface area contributed by atoms with E-state index in [2.05, 4.69) is 10.1 Å². The summed E-state index contributed by atoms with van der Waals surface area (Å²) in [6.07, 6.45) is 3.62. The molecule has 0 bridgehead atoms. The molecule has 3 rings (SSSR count). The zero-order valence-corrected chi connectivity index (χ0v) is 10.6. The third-order valence-corrected chi connectivity index (χ3v) is 3.90. The Labute approximate surface area is 108 Å². The highest BCUT2D eigenvalue weighted by Crippen LogP contribution is 2.32. The lowest BCUT2D eigenvalue weighted by atomic mass is 10.1. The predicted octanol–water partition coefficient (Wildman–Crippen LogP) is 3.26. The van der Waals surface area contributed by atoms with Gasteiger partial charge in [0.05, 0.1) is 10.6 Å². The van der Waals surface area contributed by atoms with Crippen molar-refractivity contribution in [2.24, 2.45) is 5.16 Å². The molecule has 0 saturated heterocycles. The SMILES string of the molecule is C/C(=N/O)c1c(-c2ccccc2)sc2nccn12. The summed E-state index contributed by atoms with van der Waals surface area (Å²) >= 11 is 1.59.